The fraction of sp³-hybridized carbons (Fsp3) is 0.625. The number of hydrogen-bond acceptors (Lipinski definition) is 4. The summed E-state index contributed by atoms with van der Waals surface area (Å²) < 4.78 is 25.4. The quantitative estimate of drug-likeness (QED) is 0.807. The first-order valence-electron chi connectivity index (χ1n) is 7.73. The average molecular weight is 343 g/mol. The summed E-state index contributed by atoms with van der Waals surface area (Å²) in [6.07, 6.45) is 3.23. The Morgan fingerprint density at radius 1 is 1.32 bits per heavy atom. The molecule has 124 valence electrons. The second-order valence-electron chi connectivity index (χ2n) is 6.12. The van der Waals surface area contributed by atoms with E-state index in [0.717, 1.165) is 38.2 Å². The molecule has 1 aromatic carbocycles. The Morgan fingerprint density at radius 3 is 2.77 bits per heavy atom. The number of benzene rings is 1. The van der Waals surface area contributed by atoms with Crippen molar-refractivity contribution in [2.45, 2.75) is 37.6 Å². The van der Waals surface area contributed by atoms with Gasteiger partial charge in [-0.15, -0.1) is 11.8 Å². The van der Waals surface area contributed by atoms with Crippen molar-refractivity contribution >= 4 is 21.8 Å². The number of piperidine rings is 1. The number of nitrogens with zero attached hydrogens (tertiary/aromatic N) is 1. The first-order chi connectivity index (χ1) is 10.3. The second-order valence-corrected chi connectivity index (χ2v) is 9.07. The molecule has 0 spiro atoms. The molecule has 4 nitrogen and oxygen atoms in total. The van der Waals surface area contributed by atoms with Crippen LogP contribution in [0, 0.1) is 13.8 Å². The number of aryl methyl sites for hydroxylation is 2. The van der Waals surface area contributed by atoms with Crippen LogP contribution in [0.15, 0.2) is 23.1 Å². The lowest BCUT2D eigenvalue weighted by atomic mass is 10.1. The van der Waals surface area contributed by atoms with Gasteiger partial charge < -0.3 is 4.90 Å². The van der Waals surface area contributed by atoms with E-state index in [9.17, 15) is 8.42 Å². The third-order valence-corrected chi connectivity index (χ3v) is 5.78. The molecular formula is C16H26N2O2S2. The zero-order valence-electron chi connectivity index (χ0n) is 13.6. The molecule has 1 saturated heterocycles. The maximum absolute atomic E-state index is 11.3. The molecule has 1 heterocycles. The van der Waals surface area contributed by atoms with Crippen LogP contribution in [0.5, 0.6) is 0 Å². The van der Waals surface area contributed by atoms with Gasteiger partial charge in [0.1, 0.15) is 0 Å². The number of sulfonamides is 1. The Labute approximate surface area is 138 Å². The Kier molecular flexibility index (Phi) is 6.32. The van der Waals surface area contributed by atoms with Crippen LogP contribution < -0.4 is 4.72 Å². The fourth-order valence-corrected chi connectivity index (χ4v) is 4.56. The van der Waals surface area contributed by atoms with Gasteiger partial charge in [0.2, 0.25) is 10.0 Å². The molecule has 1 aromatic rings. The van der Waals surface area contributed by atoms with E-state index in [-0.39, 0.29) is 6.04 Å². The minimum atomic E-state index is -3.10. The Morgan fingerprint density at radius 2 is 2.09 bits per heavy atom. The van der Waals surface area contributed by atoms with E-state index in [2.05, 4.69) is 41.7 Å². The van der Waals surface area contributed by atoms with Crippen LogP contribution in [0.25, 0.3) is 0 Å². The van der Waals surface area contributed by atoms with Gasteiger partial charge in [-0.1, -0.05) is 6.07 Å². The minimum Gasteiger partial charge on any atom is -0.301 e. The van der Waals surface area contributed by atoms with Crippen LogP contribution in [0.3, 0.4) is 0 Å². The molecule has 1 atom stereocenters. The first kappa shape index (κ1) is 17.8. The first-order valence-corrected chi connectivity index (χ1v) is 10.6. The Hall–Kier alpha value is -0.560. The summed E-state index contributed by atoms with van der Waals surface area (Å²) in [5.41, 5.74) is 2.66. The molecule has 1 fully saturated rings. The lowest BCUT2D eigenvalue weighted by molar-refractivity contribution is 0.213. The monoisotopic (exact) mass is 342 g/mol. The SMILES string of the molecule is Cc1ccc(SCCN2CCCC(NS(C)(=O)=O)C2)cc1C. The van der Waals surface area contributed by atoms with Gasteiger partial charge in [-0.3, -0.25) is 0 Å². The van der Waals surface area contributed by atoms with Gasteiger partial charge in [0.15, 0.2) is 0 Å². The molecule has 1 aliphatic rings. The van der Waals surface area contributed by atoms with Crippen LogP contribution in [0.1, 0.15) is 24.0 Å². The summed E-state index contributed by atoms with van der Waals surface area (Å²) in [5, 5.41) is 0. The number of hydrogen-bond donors (Lipinski definition) is 1. The predicted molar refractivity (Wildman–Crippen MR) is 94.1 cm³/mol. The van der Waals surface area contributed by atoms with Gasteiger partial charge in [-0.2, -0.15) is 0 Å². The van der Waals surface area contributed by atoms with Gasteiger partial charge >= 0.3 is 0 Å². The molecule has 0 radical (unpaired) electrons. The zero-order chi connectivity index (χ0) is 16.2. The van der Waals surface area contributed by atoms with Crippen LogP contribution in [0.4, 0.5) is 0 Å². The van der Waals surface area contributed by atoms with Crippen LogP contribution in [-0.4, -0.2) is 51.0 Å². The fourth-order valence-electron chi connectivity index (χ4n) is 2.75. The van der Waals surface area contributed by atoms with E-state index < -0.39 is 10.0 Å². The number of nitrogens with one attached hydrogen (secondary N) is 1. The van der Waals surface area contributed by atoms with E-state index in [1.807, 2.05) is 11.8 Å². The van der Waals surface area contributed by atoms with E-state index in [0.29, 0.717) is 0 Å². The molecule has 0 bridgehead atoms. The van der Waals surface area contributed by atoms with E-state index in [1.165, 1.54) is 22.3 Å². The lowest BCUT2D eigenvalue weighted by Gasteiger charge is -2.32. The van der Waals surface area contributed by atoms with Crippen LogP contribution in [-0.2, 0) is 10.0 Å². The Bertz CT molecular complexity index is 602. The summed E-state index contributed by atoms with van der Waals surface area (Å²) in [5.74, 6) is 1.04. The highest BCUT2D eigenvalue weighted by atomic mass is 32.2. The third kappa shape index (κ3) is 5.91. The van der Waals surface area contributed by atoms with Gasteiger partial charge in [0, 0.05) is 29.8 Å². The minimum absolute atomic E-state index is 0.0652. The van der Waals surface area contributed by atoms with Crippen molar-refractivity contribution in [1.82, 2.24) is 9.62 Å². The zero-order valence-corrected chi connectivity index (χ0v) is 15.3. The van der Waals surface area contributed by atoms with Gasteiger partial charge in [0.05, 0.1) is 6.26 Å². The highest BCUT2D eigenvalue weighted by Gasteiger charge is 2.21. The smallest absolute Gasteiger partial charge is 0.208 e. The summed E-state index contributed by atoms with van der Waals surface area (Å²) in [4.78, 5) is 3.67. The highest BCUT2D eigenvalue weighted by Crippen LogP contribution is 2.21. The van der Waals surface area contributed by atoms with Crippen LogP contribution in [0.2, 0.25) is 0 Å². The molecule has 1 N–H and O–H groups in total. The van der Waals surface area contributed by atoms with Crippen molar-refractivity contribution < 1.29 is 8.42 Å². The maximum Gasteiger partial charge on any atom is 0.208 e. The molecular weight excluding hydrogens is 316 g/mol. The van der Waals surface area contributed by atoms with Gasteiger partial charge in [-0.05, 0) is 56.5 Å². The molecule has 0 aliphatic carbocycles. The predicted octanol–water partition coefficient (Wildman–Crippen LogP) is 2.41. The molecule has 0 amide bonds. The van der Waals surface area contributed by atoms with E-state index in [1.54, 1.807) is 0 Å². The molecule has 0 aromatic heterocycles. The van der Waals surface area contributed by atoms with Crippen LogP contribution >= 0.6 is 11.8 Å². The Balaban J connectivity index is 1.77. The number of likely N-dealkylation sites (tertiary alicyclic amines) is 1. The summed E-state index contributed by atoms with van der Waals surface area (Å²) in [7, 11) is -3.10. The molecule has 0 saturated carbocycles. The summed E-state index contributed by atoms with van der Waals surface area (Å²) in [6, 6.07) is 6.65. The van der Waals surface area contributed by atoms with Crippen molar-refractivity contribution in [2.24, 2.45) is 0 Å². The molecule has 2 rings (SSSR count). The maximum atomic E-state index is 11.3. The average Bonchev–Trinajstić information content (AvgIpc) is 2.41. The summed E-state index contributed by atoms with van der Waals surface area (Å²) >= 11 is 1.87. The van der Waals surface area contributed by atoms with E-state index >= 15 is 0 Å². The lowest BCUT2D eigenvalue weighted by Crippen LogP contribution is -2.47. The van der Waals surface area contributed by atoms with Crippen molar-refractivity contribution in [1.29, 1.82) is 0 Å². The largest absolute Gasteiger partial charge is 0.301 e. The summed E-state index contributed by atoms with van der Waals surface area (Å²) in [6.45, 7) is 7.16. The normalized spacial score (nSPS) is 20.2. The molecule has 22 heavy (non-hydrogen) atoms. The molecule has 1 unspecified atom stereocenters. The van der Waals surface area contributed by atoms with Crippen molar-refractivity contribution in [3.05, 3.63) is 29.3 Å². The van der Waals surface area contributed by atoms with E-state index in [4.69, 9.17) is 0 Å². The van der Waals surface area contributed by atoms with Crippen molar-refractivity contribution in [3.63, 3.8) is 0 Å². The van der Waals surface area contributed by atoms with Crippen molar-refractivity contribution in [2.75, 3.05) is 31.6 Å². The van der Waals surface area contributed by atoms with Gasteiger partial charge in [-0.25, -0.2) is 13.1 Å². The van der Waals surface area contributed by atoms with Gasteiger partial charge in [0.25, 0.3) is 0 Å². The number of rotatable bonds is 6. The standard InChI is InChI=1S/C16H26N2O2S2/c1-13-6-7-16(11-14(13)2)21-10-9-18-8-4-5-15(12-18)17-22(3,19)20/h6-7,11,15,17H,4-5,8-10,12H2,1-3H3. The second kappa shape index (κ2) is 7.81. The third-order valence-electron chi connectivity index (χ3n) is 4.04. The molecule has 1 aliphatic heterocycles. The highest BCUT2D eigenvalue weighted by molar-refractivity contribution is 7.99. The topological polar surface area (TPSA) is 49.4 Å². The number of thioether (sulfide) groups is 1. The van der Waals surface area contributed by atoms with Crippen molar-refractivity contribution in [3.8, 4) is 0 Å². The molecule has 6 heteroatoms.